The molecule has 7 heteroatoms. The van der Waals surface area contributed by atoms with Crippen molar-refractivity contribution in [3.05, 3.63) is 12.0 Å². The standard InChI is InChI=1S/C10H16FN5O/c1-16(6-7-3-2-4-17-7)9-8(11)5-13-10(14-9)15-12/h5,7H,2-4,6,12H2,1H3,(H,13,14,15). The fourth-order valence-electron chi connectivity index (χ4n) is 1.88. The summed E-state index contributed by atoms with van der Waals surface area (Å²) < 4.78 is 19.0. The molecule has 2 heterocycles. The zero-order chi connectivity index (χ0) is 12.3. The summed E-state index contributed by atoms with van der Waals surface area (Å²) in [6, 6.07) is 0. The highest BCUT2D eigenvalue weighted by Gasteiger charge is 2.20. The van der Waals surface area contributed by atoms with Gasteiger partial charge in [-0.2, -0.15) is 4.98 Å². The van der Waals surface area contributed by atoms with Crippen LogP contribution in [0.5, 0.6) is 0 Å². The van der Waals surface area contributed by atoms with Crippen molar-refractivity contribution < 1.29 is 9.13 Å². The van der Waals surface area contributed by atoms with Crippen LogP contribution in [-0.2, 0) is 4.74 Å². The number of aromatic nitrogens is 2. The lowest BCUT2D eigenvalue weighted by Gasteiger charge is -2.22. The van der Waals surface area contributed by atoms with E-state index in [4.69, 9.17) is 10.6 Å². The van der Waals surface area contributed by atoms with Crippen molar-refractivity contribution in [3.63, 3.8) is 0 Å². The van der Waals surface area contributed by atoms with E-state index in [-0.39, 0.29) is 17.9 Å². The van der Waals surface area contributed by atoms with Gasteiger partial charge in [-0.3, -0.25) is 5.43 Å². The van der Waals surface area contributed by atoms with Crippen LogP contribution in [-0.4, -0.2) is 36.3 Å². The number of nitrogens with zero attached hydrogens (tertiary/aromatic N) is 3. The SMILES string of the molecule is CN(CC1CCCO1)c1nc(NN)ncc1F. The minimum Gasteiger partial charge on any atom is -0.376 e. The van der Waals surface area contributed by atoms with E-state index in [1.165, 1.54) is 0 Å². The summed E-state index contributed by atoms with van der Waals surface area (Å²) in [5.74, 6) is 5.14. The lowest BCUT2D eigenvalue weighted by atomic mass is 10.2. The molecule has 2 rings (SSSR count). The number of hydrogen-bond acceptors (Lipinski definition) is 6. The Morgan fingerprint density at radius 1 is 1.71 bits per heavy atom. The molecule has 1 unspecified atom stereocenters. The van der Waals surface area contributed by atoms with E-state index in [1.807, 2.05) is 0 Å². The van der Waals surface area contributed by atoms with Crippen molar-refractivity contribution in [2.45, 2.75) is 18.9 Å². The molecule has 0 spiro atoms. The molecule has 1 aliphatic heterocycles. The Bertz CT molecular complexity index is 383. The number of anilines is 2. The van der Waals surface area contributed by atoms with Crippen LogP contribution in [0.4, 0.5) is 16.2 Å². The average Bonchev–Trinajstić information content (AvgIpc) is 2.82. The Hall–Kier alpha value is -1.47. The molecule has 1 fully saturated rings. The number of nitrogens with one attached hydrogen (secondary N) is 1. The number of ether oxygens (including phenoxy) is 1. The van der Waals surface area contributed by atoms with E-state index in [0.29, 0.717) is 6.54 Å². The second kappa shape index (κ2) is 5.24. The van der Waals surface area contributed by atoms with Gasteiger partial charge in [0.25, 0.3) is 0 Å². The van der Waals surface area contributed by atoms with E-state index in [9.17, 15) is 4.39 Å². The third-order valence-corrected chi connectivity index (χ3v) is 2.72. The summed E-state index contributed by atoms with van der Waals surface area (Å²) in [4.78, 5) is 9.39. The molecule has 6 nitrogen and oxygen atoms in total. The van der Waals surface area contributed by atoms with Crippen molar-refractivity contribution in [3.8, 4) is 0 Å². The summed E-state index contributed by atoms with van der Waals surface area (Å²) in [5, 5.41) is 0. The second-order valence-corrected chi connectivity index (χ2v) is 4.03. The highest BCUT2D eigenvalue weighted by atomic mass is 19.1. The third kappa shape index (κ3) is 2.80. The molecule has 0 radical (unpaired) electrons. The highest BCUT2D eigenvalue weighted by Crippen LogP contribution is 2.19. The molecule has 1 aliphatic rings. The monoisotopic (exact) mass is 241 g/mol. The molecule has 0 aliphatic carbocycles. The van der Waals surface area contributed by atoms with Crippen LogP contribution in [0.2, 0.25) is 0 Å². The summed E-state index contributed by atoms with van der Waals surface area (Å²) in [7, 11) is 1.77. The fourth-order valence-corrected chi connectivity index (χ4v) is 1.88. The maximum atomic E-state index is 13.6. The predicted molar refractivity (Wildman–Crippen MR) is 62.0 cm³/mol. The van der Waals surface area contributed by atoms with Gasteiger partial charge in [0.05, 0.1) is 12.3 Å². The second-order valence-electron chi connectivity index (χ2n) is 4.03. The first-order valence-electron chi connectivity index (χ1n) is 5.52. The van der Waals surface area contributed by atoms with E-state index < -0.39 is 5.82 Å². The molecule has 0 bridgehead atoms. The van der Waals surface area contributed by atoms with E-state index in [0.717, 1.165) is 25.6 Å². The first-order chi connectivity index (χ1) is 8.20. The van der Waals surface area contributed by atoms with Crippen molar-refractivity contribution in [2.24, 2.45) is 5.84 Å². The molecular weight excluding hydrogens is 225 g/mol. The number of hydrazine groups is 1. The Kier molecular flexibility index (Phi) is 3.70. The molecule has 17 heavy (non-hydrogen) atoms. The molecule has 0 amide bonds. The number of nitrogen functional groups attached to an aromatic ring is 1. The van der Waals surface area contributed by atoms with E-state index in [2.05, 4.69) is 15.4 Å². The fraction of sp³-hybridized carbons (Fsp3) is 0.600. The minimum absolute atomic E-state index is 0.142. The number of hydrogen-bond donors (Lipinski definition) is 2. The van der Waals surface area contributed by atoms with Crippen molar-refractivity contribution in [2.75, 3.05) is 30.5 Å². The summed E-state index contributed by atoms with van der Waals surface area (Å²) in [5.41, 5.74) is 2.30. The molecule has 1 aromatic rings. The quantitative estimate of drug-likeness (QED) is 0.591. The van der Waals surface area contributed by atoms with Gasteiger partial charge in [-0.05, 0) is 12.8 Å². The Morgan fingerprint density at radius 3 is 3.18 bits per heavy atom. The zero-order valence-corrected chi connectivity index (χ0v) is 9.69. The zero-order valence-electron chi connectivity index (χ0n) is 9.69. The number of nitrogens with two attached hydrogens (primary N) is 1. The topological polar surface area (TPSA) is 76.3 Å². The van der Waals surface area contributed by atoms with Gasteiger partial charge in [0.1, 0.15) is 0 Å². The number of likely N-dealkylation sites (N-methyl/N-ethyl adjacent to an activating group) is 1. The van der Waals surface area contributed by atoms with Crippen LogP contribution in [0.15, 0.2) is 6.20 Å². The lowest BCUT2D eigenvalue weighted by Crippen LogP contribution is -2.30. The lowest BCUT2D eigenvalue weighted by molar-refractivity contribution is 0.116. The summed E-state index contributed by atoms with van der Waals surface area (Å²) in [6.07, 6.45) is 3.30. The van der Waals surface area contributed by atoms with Crippen molar-refractivity contribution in [1.82, 2.24) is 9.97 Å². The number of rotatable bonds is 4. The maximum absolute atomic E-state index is 13.6. The molecule has 94 valence electrons. The Labute approximate surface area is 99.0 Å². The van der Waals surface area contributed by atoms with Gasteiger partial charge < -0.3 is 9.64 Å². The molecule has 3 N–H and O–H groups in total. The number of halogens is 1. The predicted octanol–water partition coefficient (Wildman–Crippen LogP) is 0.516. The third-order valence-electron chi connectivity index (χ3n) is 2.72. The summed E-state index contributed by atoms with van der Waals surface area (Å²) >= 11 is 0. The molecule has 0 aromatic carbocycles. The van der Waals surface area contributed by atoms with Crippen LogP contribution in [0.1, 0.15) is 12.8 Å². The van der Waals surface area contributed by atoms with Gasteiger partial charge in [-0.25, -0.2) is 15.2 Å². The van der Waals surface area contributed by atoms with Crippen molar-refractivity contribution in [1.29, 1.82) is 0 Å². The van der Waals surface area contributed by atoms with E-state index >= 15 is 0 Å². The summed E-state index contributed by atoms with van der Waals surface area (Å²) in [6.45, 7) is 1.39. The van der Waals surface area contributed by atoms with E-state index in [1.54, 1.807) is 11.9 Å². The molecule has 0 saturated carbocycles. The van der Waals surface area contributed by atoms with Crippen LogP contribution in [0, 0.1) is 5.82 Å². The first kappa shape index (κ1) is 12.0. The van der Waals surface area contributed by atoms with Gasteiger partial charge in [0.2, 0.25) is 5.95 Å². The van der Waals surface area contributed by atoms with Gasteiger partial charge in [-0.15, -0.1) is 0 Å². The molecule has 1 atom stereocenters. The molecule has 1 saturated heterocycles. The Morgan fingerprint density at radius 2 is 2.53 bits per heavy atom. The largest absolute Gasteiger partial charge is 0.376 e. The molecule has 1 aromatic heterocycles. The first-order valence-corrected chi connectivity index (χ1v) is 5.52. The van der Waals surface area contributed by atoms with Gasteiger partial charge in [0, 0.05) is 20.2 Å². The smallest absolute Gasteiger partial charge is 0.239 e. The van der Waals surface area contributed by atoms with Crippen LogP contribution in [0.25, 0.3) is 0 Å². The minimum atomic E-state index is -0.468. The van der Waals surface area contributed by atoms with Crippen LogP contribution < -0.4 is 16.2 Å². The maximum Gasteiger partial charge on any atom is 0.239 e. The van der Waals surface area contributed by atoms with Gasteiger partial charge in [0.15, 0.2) is 11.6 Å². The normalized spacial score (nSPS) is 19.4. The van der Waals surface area contributed by atoms with Crippen LogP contribution >= 0.6 is 0 Å². The van der Waals surface area contributed by atoms with Crippen LogP contribution in [0.3, 0.4) is 0 Å². The Balaban J connectivity index is 2.08. The highest BCUT2D eigenvalue weighted by molar-refractivity contribution is 5.42. The average molecular weight is 241 g/mol. The van der Waals surface area contributed by atoms with Gasteiger partial charge in [-0.1, -0.05) is 0 Å². The molecular formula is C10H16FN5O. The van der Waals surface area contributed by atoms with Gasteiger partial charge >= 0.3 is 0 Å². The van der Waals surface area contributed by atoms with Crippen molar-refractivity contribution >= 4 is 11.8 Å².